The van der Waals surface area contributed by atoms with Crippen molar-refractivity contribution in [1.82, 2.24) is 14.8 Å². The normalized spacial score (nSPS) is 12.7. The van der Waals surface area contributed by atoms with Crippen LogP contribution >= 0.6 is 0 Å². The molecule has 0 aliphatic rings. The largest absolute Gasteiger partial charge is 0.365 e. The molecule has 0 saturated heterocycles. The van der Waals surface area contributed by atoms with Crippen molar-refractivity contribution in [3.05, 3.63) is 114 Å². The molecule has 2 heterocycles. The summed E-state index contributed by atoms with van der Waals surface area (Å²) in [4.78, 5) is 16.6. The van der Waals surface area contributed by atoms with Crippen LogP contribution in [0.25, 0.3) is 10.9 Å². The predicted molar refractivity (Wildman–Crippen MR) is 143 cm³/mol. The number of carbonyl (C=O) groups is 1. The Bertz CT molecular complexity index is 1550. The van der Waals surface area contributed by atoms with Gasteiger partial charge >= 0.3 is 0 Å². The van der Waals surface area contributed by atoms with Gasteiger partial charge in [0.15, 0.2) is 11.6 Å². The first-order valence-electron chi connectivity index (χ1n) is 11.7. The zero-order valence-corrected chi connectivity index (χ0v) is 20.1. The molecule has 0 bridgehead atoms. The molecule has 5 aromatic rings. The second kappa shape index (κ2) is 10.1. The van der Waals surface area contributed by atoms with Crippen LogP contribution in [0.5, 0.6) is 0 Å². The number of aryl methyl sites for hydroxylation is 1. The highest BCUT2D eigenvalue weighted by molar-refractivity contribution is 5.99. The van der Waals surface area contributed by atoms with Gasteiger partial charge in [-0.2, -0.15) is 5.10 Å². The minimum absolute atomic E-state index is 0.0600. The van der Waals surface area contributed by atoms with Gasteiger partial charge in [0.1, 0.15) is 5.82 Å². The molecular formula is C28H26FN7O. The van der Waals surface area contributed by atoms with Crippen LogP contribution in [-0.4, -0.2) is 20.7 Å². The van der Waals surface area contributed by atoms with Crippen molar-refractivity contribution in [2.45, 2.75) is 12.1 Å². The molecule has 8 nitrogen and oxygen atoms in total. The number of anilines is 3. The number of fused-ring (bicyclic) bond motifs is 1. The average molecular weight is 496 g/mol. The number of pyridine rings is 1. The van der Waals surface area contributed by atoms with Crippen molar-refractivity contribution >= 4 is 34.1 Å². The van der Waals surface area contributed by atoms with E-state index in [2.05, 4.69) is 20.7 Å². The van der Waals surface area contributed by atoms with Gasteiger partial charge in [-0.25, -0.2) is 9.37 Å². The number of nitrogens with one attached hydrogen (secondary N) is 2. The Morgan fingerprint density at radius 1 is 0.946 bits per heavy atom. The van der Waals surface area contributed by atoms with E-state index in [9.17, 15) is 4.79 Å². The molecule has 0 aliphatic carbocycles. The number of hydrogen-bond donors (Lipinski definition) is 4. The highest BCUT2D eigenvalue weighted by atomic mass is 19.1. The summed E-state index contributed by atoms with van der Waals surface area (Å²) in [7, 11) is 1.85. The summed E-state index contributed by atoms with van der Waals surface area (Å²) in [6, 6.07) is 24.7. The number of aromatic nitrogens is 3. The van der Waals surface area contributed by atoms with E-state index in [1.54, 1.807) is 10.9 Å². The molecule has 2 atom stereocenters. The Balaban J connectivity index is 1.53. The molecule has 37 heavy (non-hydrogen) atoms. The summed E-state index contributed by atoms with van der Waals surface area (Å²) < 4.78 is 17.0. The lowest BCUT2D eigenvalue weighted by Gasteiger charge is -2.27. The van der Waals surface area contributed by atoms with Crippen molar-refractivity contribution in [2.75, 3.05) is 10.6 Å². The van der Waals surface area contributed by atoms with Crippen LogP contribution in [0, 0.1) is 5.82 Å². The van der Waals surface area contributed by atoms with E-state index < -0.39 is 23.8 Å². The van der Waals surface area contributed by atoms with E-state index in [1.807, 2.05) is 85.9 Å². The molecule has 2 aromatic heterocycles. The van der Waals surface area contributed by atoms with Crippen LogP contribution in [-0.2, 0) is 7.05 Å². The van der Waals surface area contributed by atoms with E-state index in [-0.39, 0.29) is 17.2 Å². The van der Waals surface area contributed by atoms with Crippen LogP contribution in [0.3, 0.4) is 0 Å². The van der Waals surface area contributed by atoms with Gasteiger partial charge in [0.05, 0.1) is 29.4 Å². The number of nitrogens with two attached hydrogens (primary N) is 2. The fourth-order valence-electron chi connectivity index (χ4n) is 4.31. The maximum Gasteiger partial charge on any atom is 0.252 e. The second-order valence-electron chi connectivity index (χ2n) is 8.72. The lowest BCUT2D eigenvalue weighted by Crippen LogP contribution is -2.27. The summed E-state index contributed by atoms with van der Waals surface area (Å²) in [5, 5.41) is 11.4. The number of primary amides is 1. The van der Waals surface area contributed by atoms with Gasteiger partial charge in [-0.05, 0) is 35.4 Å². The van der Waals surface area contributed by atoms with Gasteiger partial charge in [-0.15, -0.1) is 0 Å². The third-order valence-corrected chi connectivity index (χ3v) is 6.24. The van der Waals surface area contributed by atoms with E-state index in [0.717, 1.165) is 28.1 Å². The second-order valence-corrected chi connectivity index (χ2v) is 8.72. The molecule has 0 saturated carbocycles. The Labute approximate surface area is 213 Å². The molecule has 3 aromatic carbocycles. The SMILES string of the molecule is Cn1ncc2cc(Nc3nc(N[C@@H](c4ccccc4)[C@@H](N)c4ccccc4)c(F)cc3C(N)=O)ccc21. The first kappa shape index (κ1) is 24.0. The van der Waals surface area contributed by atoms with Crippen molar-refractivity contribution in [3.8, 4) is 0 Å². The van der Waals surface area contributed by atoms with Crippen LogP contribution in [0.4, 0.5) is 21.7 Å². The summed E-state index contributed by atoms with van der Waals surface area (Å²) in [6.07, 6.45) is 1.73. The zero-order chi connectivity index (χ0) is 25.9. The lowest BCUT2D eigenvalue weighted by molar-refractivity contribution is 0.100. The zero-order valence-electron chi connectivity index (χ0n) is 20.1. The summed E-state index contributed by atoms with van der Waals surface area (Å²) in [5.41, 5.74) is 15.5. The third kappa shape index (κ3) is 4.98. The summed E-state index contributed by atoms with van der Waals surface area (Å²) >= 11 is 0. The average Bonchev–Trinajstić information content (AvgIpc) is 3.29. The summed E-state index contributed by atoms with van der Waals surface area (Å²) in [6.45, 7) is 0. The monoisotopic (exact) mass is 495 g/mol. The Morgan fingerprint density at radius 2 is 1.62 bits per heavy atom. The maximum atomic E-state index is 15.3. The number of halogens is 1. The number of rotatable bonds is 8. The molecule has 186 valence electrons. The minimum atomic E-state index is -0.802. The van der Waals surface area contributed by atoms with Crippen LogP contribution < -0.4 is 22.1 Å². The molecule has 1 amide bonds. The molecule has 9 heteroatoms. The molecule has 5 rings (SSSR count). The van der Waals surface area contributed by atoms with Crippen molar-refractivity contribution in [1.29, 1.82) is 0 Å². The quantitative estimate of drug-likeness (QED) is 0.245. The van der Waals surface area contributed by atoms with E-state index >= 15 is 4.39 Å². The van der Waals surface area contributed by atoms with Gasteiger partial charge in [-0.3, -0.25) is 9.48 Å². The van der Waals surface area contributed by atoms with Gasteiger partial charge in [0.25, 0.3) is 5.91 Å². The molecule has 0 unspecified atom stereocenters. The number of hydrogen-bond acceptors (Lipinski definition) is 6. The Kier molecular flexibility index (Phi) is 6.53. The molecule has 0 aliphatic heterocycles. The van der Waals surface area contributed by atoms with Crippen molar-refractivity contribution < 1.29 is 9.18 Å². The molecule has 0 spiro atoms. The maximum absolute atomic E-state index is 15.3. The van der Waals surface area contributed by atoms with Gasteiger partial charge < -0.3 is 22.1 Å². The lowest BCUT2D eigenvalue weighted by atomic mass is 9.94. The summed E-state index contributed by atoms with van der Waals surface area (Å²) in [5.74, 6) is -1.46. The number of benzene rings is 3. The number of carbonyl (C=O) groups excluding carboxylic acids is 1. The standard InChI is InChI=1S/C28H26FN7O/c1-36-23-13-12-20(14-19(23)16-32-36)33-27-21(26(31)37)15-22(29)28(35-27)34-25(18-10-6-3-7-11-18)24(30)17-8-4-2-5-9-17/h2-16,24-25H,30H2,1H3,(H2,31,37)(H2,33,34,35)/t24-,25-/m0/s1. The van der Waals surface area contributed by atoms with Crippen LogP contribution in [0.15, 0.2) is 91.1 Å². The molecule has 0 fully saturated rings. The van der Waals surface area contributed by atoms with Crippen molar-refractivity contribution in [2.24, 2.45) is 18.5 Å². The number of nitrogens with zero attached hydrogens (tertiary/aromatic N) is 3. The minimum Gasteiger partial charge on any atom is -0.365 e. The Morgan fingerprint density at radius 3 is 2.30 bits per heavy atom. The molecule has 6 N–H and O–H groups in total. The van der Waals surface area contributed by atoms with Crippen molar-refractivity contribution in [3.63, 3.8) is 0 Å². The van der Waals surface area contributed by atoms with Gasteiger partial charge in [0, 0.05) is 18.1 Å². The van der Waals surface area contributed by atoms with E-state index in [1.165, 1.54) is 0 Å². The highest BCUT2D eigenvalue weighted by Crippen LogP contribution is 2.33. The van der Waals surface area contributed by atoms with Gasteiger partial charge in [-0.1, -0.05) is 60.7 Å². The molecule has 0 radical (unpaired) electrons. The van der Waals surface area contributed by atoms with Crippen LogP contribution in [0.1, 0.15) is 33.6 Å². The first-order chi connectivity index (χ1) is 17.9. The Hall–Kier alpha value is -4.76. The topological polar surface area (TPSA) is 124 Å². The van der Waals surface area contributed by atoms with Gasteiger partial charge in [0.2, 0.25) is 0 Å². The van der Waals surface area contributed by atoms with Crippen LogP contribution in [0.2, 0.25) is 0 Å². The van der Waals surface area contributed by atoms with E-state index in [0.29, 0.717) is 5.69 Å². The highest BCUT2D eigenvalue weighted by Gasteiger charge is 2.25. The fraction of sp³-hybridized carbons (Fsp3) is 0.107. The smallest absolute Gasteiger partial charge is 0.252 e. The fourth-order valence-corrected chi connectivity index (χ4v) is 4.31. The third-order valence-electron chi connectivity index (χ3n) is 6.24. The predicted octanol–water partition coefficient (Wildman–Crippen LogP) is 4.80. The molecular weight excluding hydrogens is 469 g/mol. The first-order valence-corrected chi connectivity index (χ1v) is 11.7. The van der Waals surface area contributed by atoms with E-state index in [4.69, 9.17) is 11.5 Å². The number of amides is 1.